The van der Waals surface area contributed by atoms with Crippen LogP contribution in [0.15, 0.2) is 47.9 Å². The third-order valence-corrected chi connectivity index (χ3v) is 9.02. The summed E-state index contributed by atoms with van der Waals surface area (Å²) in [5.74, 6) is 0.646. The van der Waals surface area contributed by atoms with Gasteiger partial charge < -0.3 is 13.9 Å². The molecule has 186 valence electrons. The molecule has 0 atom stereocenters. The van der Waals surface area contributed by atoms with E-state index in [9.17, 15) is 4.79 Å². The predicted octanol–water partition coefficient (Wildman–Crippen LogP) is 5.60. The molecule has 7 nitrogen and oxygen atoms in total. The summed E-state index contributed by atoms with van der Waals surface area (Å²) in [4.78, 5) is 17.4. The smallest absolute Gasteiger partial charge is 0.190 e. The van der Waals surface area contributed by atoms with Gasteiger partial charge in [-0.05, 0) is 56.2 Å². The van der Waals surface area contributed by atoms with E-state index in [2.05, 4.69) is 62.7 Å². The summed E-state index contributed by atoms with van der Waals surface area (Å²) >= 11 is 0. The van der Waals surface area contributed by atoms with Gasteiger partial charge in [-0.1, -0.05) is 19.6 Å². The van der Waals surface area contributed by atoms with Gasteiger partial charge in [-0.25, -0.2) is 4.98 Å². The molecule has 1 aliphatic carbocycles. The third-order valence-electron chi connectivity index (χ3n) is 7.31. The van der Waals surface area contributed by atoms with E-state index in [-0.39, 0.29) is 5.43 Å². The van der Waals surface area contributed by atoms with Crippen molar-refractivity contribution < 1.29 is 4.74 Å². The van der Waals surface area contributed by atoms with E-state index in [0.717, 1.165) is 61.4 Å². The average Bonchev–Trinajstić information content (AvgIpc) is 3.43. The molecule has 1 aliphatic rings. The fraction of sp³-hybridized carbons (Fsp3) is 0.519. The normalized spacial score (nSPS) is 19.1. The van der Waals surface area contributed by atoms with Gasteiger partial charge in [0.1, 0.15) is 12.4 Å². The lowest BCUT2D eigenvalue weighted by Crippen LogP contribution is -2.23. The second-order valence-electron chi connectivity index (χ2n) is 11.4. The first-order valence-electron chi connectivity index (χ1n) is 12.8. The average molecular weight is 492 g/mol. The van der Waals surface area contributed by atoms with Crippen LogP contribution >= 0.6 is 0 Å². The Balaban J connectivity index is 1.37. The Labute approximate surface area is 207 Å². The van der Waals surface area contributed by atoms with E-state index in [4.69, 9.17) is 4.74 Å². The van der Waals surface area contributed by atoms with Crippen molar-refractivity contribution >= 4 is 30.0 Å². The number of nitrogens with zero attached hydrogens (tertiary/aromatic N) is 5. The highest BCUT2D eigenvalue weighted by atomic mass is 28.3. The van der Waals surface area contributed by atoms with E-state index >= 15 is 0 Å². The van der Waals surface area contributed by atoms with Crippen LogP contribution in [0.3, 0.4) is 0 Å². The first kappa shape index (κ1) is 24.0. The third kappa shape index (κ3) is 5.28. The first-order chi connectivity index (χ1) is 16.8. The highest BCUT2D eigenvalue weighted by Crippen LogP contribution is 2.35. The Kier molecular flexibility index (Phi) is 6.68. The summed E-state index contributed by atoms with van der Waals surface area (Å²) in [6.07, 6.45) is 14.4. The zero-order valence-electron chi connectivity index (χ0n) is 21.4. The summed E-state index contributed by atoms with van der Waals surface area (Å²) in [5.41, 5.74) is 3.14. The van der Waals surface area contributed by atoms with Crippen LogP contribution in [0.4, 0.5) is 0 Å². The number of rotatable bonds is 8. The molecule has 4 aromatic heterocycles. The van der Waals surface area contributed by atoms with Gasteiger partial charge in [0, 0.05) is 63.5 Å². The van der Waals surface area contributed by atoms with Crippen LogP contribution in [0, 0.1) is 12.8 Å². The van der Waals surface area contributed by atoms with E-state index in [1.165, 1.54) is 5.56 Å². The Morgan fingerprint density at radius 1 is 1.06 bits per heavy atom. The van der Waals surface area contributed by atoms with Gasteiger partial charge in [-0.15, -0.1) is 0 Å². The molecule has 0 amide bonds. The molecule has 0 saturated heterocycles. The topological polar surface area (TPSA) is 66.9 Å². The Morgan fingerprint density at radius 3 is 2.57 bits per heavy atom. The predicted molar refractivity (Wildman–Crippen MR) is 144 cm³/mol. The lowest BCUT2D eigenvalue weighted by Gasteiger charge is -2.31. The number of hydrogen-bond acceptors (Lipinski definition) is 4. The van der Waals surface area contributed by atoms with Crippen LogP contribution < -0.4 is 5.43 Å². The molecule has 0 radical (unpaired) electrons. The van der Waals surface area contributed by atoms with Crippen molar-refractivity contribution in [3.63, 3.8) is 0 Å². The minimum atomic E-state index is -1.12. The fourth-order valence-electron chi connectivity index (χ4n) is 5.28. The maximum absolute atomic E-state index is 12.7. The van der Waals surface area contributed by atoms with Gasteiger partial charge in [0.05, 0.1) is 17.1 Å². The number of pyridine rings is 2. The van der Waals surface area contributed by atoms with Gasteiger partial charge in [0.2, 0.25) is 0 Å². The zero-order chi connectivity index (χ0) is 24.6. The minimum Gasteiger partial charge on any atom is -0.361 e. The van der Waals surface area contributed by atoms with Crippen molar-refractivity contribution in [2.45, 2.75) is 77.6 Å². The molecule has 0 spiro atoms. The molecule has 1 fully saturated rings. The zero-order valence-corrected chi connectivity index (χ0v) is 22.4. The number of hydrogen-bond donors (Lipinski definition) is 0. The molecule has 35 heavy (non-hydrogen) atoms. The van der Waals surface area contributed by atoms with Gasteiger partial charge in [0.15, 0.2) is 5.43 Å². The monoisotopic (exact) mass is 491 g/mol. The maximum atomic E-state index is 12.7. The molecule has 0 unspecified atom stereocenters. The number of fused-ring (bicyclic) bond motifs is 3. The SMILES string of the molecule is Cc1cnn(CC2CCC(n3ccc(=O)c4cnc5c(ccn5COCC[Si](C)(C)C)c43)CC2)c1. The molecule has 5 rings (SSSR count). The van der Waals surface area contributed by atoms with E-state index < -0.39 is 8.07 Å². The Morgan fingerprint density at radius 2 is 1.86 bits per heavy atom. The summed E-state index contributed by atoms with van der Waals surface area (Å²) in [6, 6.07) is 5.32. The Bertz CT molecular complexity index is 1370. The molecule has 4 aromatic rings. The lowest BCUT2D eigenvalue weighted by atomic mass is 9.85. The van der Waals surface area contributed by atoms with Gasteiger partial charge in [-0.2, -0.15) is 5.10 Å². The highest BCUT2D eigenvalue weighted by Gasteiger charge is 2.24. The van der Waals surface area contributed by atoms with Crippen LogP contribution in [0.5, 0.6) is 0 Å². The quantitative estimate of drug-likeness (QED) is 0.238. The Hall–Kier alpha value is -2.71. The van der Waals surface area contributed by atoms with Gasteiger partial charge >= 0.3 is 0 Å². The van der Waals surface area contributed by atoms with Crippen LogP contribution in [-0.2, 0) is 18.0 Å². The van der Waals surface area contributed by atoms with Crippen molar-refractivity contribution in [2.24, 2.45) is 5.92 Å². The molecular weight excluding hydrogens is 454 g/mol. The maximum Gasteiger partial charge on any atom is 0.190 e. The lowest BCUT2D eigenvalue weighted by molar-refractivity contribution is 0.0899. The van der Waals surface area contributed by atoms with E-state index in [0.29, 0.717) is 24.1 Å². The fourth-order valence-corrected chi connectivity index (χ4v) is 6.04. The van der Waals surface area contributed by atoms with Crippen molar-refractivity contribution in [2.75, 3.05) is 6.61 Å². The summed E-state index contributed by atoms with van der Waals surface area (Å²) in [5, 5.41) is 6.20. The largest absolute Gasteiger partial charge is 0.361 e. The summed E-state index contributed by atoms with van der Waals surface area (Å²) < 4.78 is 12.5. The molecule has 8 heteroatoms. The van der Waals surface area contributed by atoms with Crippen LogP contribution in [0.1, 0.15) is 37.3 Å². The summed E-state index contributed by atoms with van der Waals surface area (Å²) in [6.45, 7) is 11.4. The molecule has 0 N–H and O–H groups in total. The van der Waals surface area contributed by atoms with Crippen molar-refractivity contribution in [3.8, 4) is 0 Å². The number of aryl methyl sites for hydroxylation is 1. The first-order valence-corrected chi connectivity index (χ1v) is 16.5. The molecule has 0 bridgehead atoms. The molecule has 0 aromatic carbocycles. The number of aromatic nitrogens is 5. The number of ether oxygens (including phenoxy) is 1. The molecule has 1 saturated carbocycles. The van der Waals surface area contributed by atoms with E-state index in [1.54, 1.807) is 12.3 Å². The minimum absolute atomic E-state index is 0.0347. The highest BCUT2D eigenvalue weighted by molar-refractivity contribution is 6.76. The van der Waals surface area contributed by atoms with E-state index in [1.807, 2.05) is 18.6 Å². The van der Waals surface area contributed by atoms with Crippen molar-refractivity contribution in [1.82, 2.24) is 23.9 Å². The molecule has 4 heterocycles. The standard InChI is InChI=1S/C27H37N5O2Si/c1-20-15-29-31(17-20)18-21-5-7-22(8-6-21)32-12-10-25(33)24-16-28-27-23(26(24)32)9-11-30(27)19-34-13-14-35(2,3)4/h9-12,15-17,21-22H,5-8,13-14,18-19H2,1-4H3. The second kappa shape index (κ2) is 9.74. The van der Waals surface area contributed by atoms with Crippen molar-refractivity contribution in [3.05, 3.63) is 58.9 Å². The molecule has 0 aliphatic heterocycles. The van der Waals surface area contributed by atoms with Crippen molar-refractivity contribution in [1.29, 1.82) is 0 Å². The summed E-state index contributed by atoms with van der Waals surface area (Å²) in [7, 11) is -1.12. The van der Waals surface area contributed by atoms with Gasteiger partial charge in [-0.3, -0.25) is 9.48 Å². The van der Waals surface area contributed by atoms with Crippen LogP contribution in [-0.4, -0.2) is 38.6 Å². The molecular formula is C27H37N5O2Si. The van der Waals surface area contributed by atoms with Crippen LogP contribution in [0.25, 0.3) is 21.9 Å². The second-order valence-corrected chi connectivity index (χ2v) is 17.0. The van der Waals surface area contributed by atoms with Gasteiger partial charge in [0.25, 0.3) is 0 Å². The van der Waals surface area contributed by atoms with Crippen LogP contribution in [0.2, 0.25) is 25.7 Å².